The first-order valence-corrected chi connectivity index (χ1v) is 6.91. The Morgan fingerprint density at radius 2 is 2.20 bits per heavy atom. The lowest BCUT2D eigenvalue weighted by atomic mass is 10.1. The first-order valence-electron chi connectivity index (χ1n) is 6.91. The number of carboxylic acid groups (broad SMARTS) is 1. The molecule has 0 amide bonds. The Morgan fingerprint density at radius 3 is 2.90 bits per heavy atom. The van der Waals surface area contributed by atoms with Crippen molar-refractivity contribution < 1.29 is 9.90 Å². The Labute approximate surface area is 115 Å². The van der Waals surface area contributed by atoms with E-state index >= 15 is 0 Å². The number of fused-ring (bicyclic) bond motifs is 1. The molecule has 2 fully saturated rings. The number of anilines is 1. The van der Waals surface area contributed by atoms with E-state index < -0.39 is 5.97 Å². The van der Waals surface area contributed by atoms with Crippen molar-refractivity contribution in [3.63, 3.8) is 0 Å². The molecule has 1 N–H and O–H groups in total. The van der Waals surface area contributed by atoms with E-state index in [1.165, 1.54) is 19.2 Å². The summed E-state index contributed by atoms with van der Waals surface area (Å²) in [5.41, 5.74) is 1.05. The molecule has 0 spiro atoms. The van der Waals surface area contributed by atoms with Gasteiger partial charge >= 0.3 is 5.97 Å². The van der Waals surface area contributed by atoms with E-state index in [4.69, 9.17) is 5.11 Å². The van der Waals surface area contributed by atoms with Crippen LogP contribution >= 0.6 is 0 Å². The second-order valence-corrected chi connectivity index (χ2v) is 5.56. The van der Waals surface area contributed by atoms with E-state index in [2.05, 4.69) is 20.0 Å². The van der Waals surface area contributed by atoms with Gasteiger partial charge < -0.3 is 10.0 Å². The van der Waals surface area contributed by atoms with Gasteiger partial charge in [0.2, 0.25) is 0 Å². The number of aromatic nitrogens is 4. The van der Waals surface area contributed by atoms with Crippen LogP contribution < -0.4 is 4.90 Å². The van der Waals surface area contributed by atoms with Crippen LogP contribution in [0.1, 0.15) is 30.9 Å². The first kappa shape index (κ1) is 11.6. The van der Waals surface area contributed by atoms with E-state index in [9.17, 15) is 4.79 Å². The Balaban J connectivity index is 1.74. The van der Waals surface area contributed by atoms with E-state index in [1.54, 1.807) is 4.52 Å². The molecule has 104 valence electrons. The topological polar surface area (TPSA) is 83.6 Å². The molecule has 1 atom stereocenters. The van der Waals surface area contributed by atoms with Gasteiger partial charge in [0, 0.05) is 25.1 Å². The van der Waals surface area contributed by atoms with Crippen LogP contribution in [0, 0.1) is 5.92 Å². The van der Waals surface area contributed by atoms with Crippen LogP contribution in [0.3, 0.4) is 0 Å². The normalized spacial score (nSPS) is 22.6. The van der Waals surface area contributed by atoms with Gasteiger partial charge in [-0.05, 0) is 19.3 Å². The summed E-state index contributed by atoms with van der Waals surface area (Å²) in [6.07, 6.45) is 4.52. The number of rotatable bonds is 3. The quantitative estimate of drug-likeness (QED) is 0.895. The molecule has 1 saturated carbocycles. The molecule has 0 bridgehead atoms. The highest BCUT2D eigenvalue weighted by molar-refractivity contribution is 5.72. The minimum Gasteiger partial charge on any atom is -0.481 e. The maximum Gasteiger partial charge on any atom is 0.308 e. The van der Waals surface area contributed by atoms with Crippen molar-refractivity contribution in [2.24, 2.45) is 5.92 Å². The van der Waals surface area contributed by atoms with Crippen molar-refractivity contribution >= 4 is 17.6 Å². The van der Waals surface area contributed by atoms with Gasteiger partial charge in [-0.25, -0.2) is 4.98 Å². The monoisotopic (exact) mass is 273 g/mol. The number of carbonyl (C=O) groups is 1. The lowest BCUT2D eigenvalue weighted by Gasteiger charge is -2.19. The van der Waals surface area contributed by atoms with Gasteiger partial charge in [0.15, 0.2) is 0 Å². The summed E-state index contributed by atoms with van der Waals surface area (Å²) in [5.74, 6) is 1.03. The van der Waals surface area contributed by atoms with Crippen LogP contribution in [0.5, 0.6) is 0 Å². The highest BCUT2D eigenvalue weighted by Gasteiger charge is 2.32. The number of hydrogen-bond acceptors (Lipinski definition) is 5. The third-order valence-corrected chi connectivity index (χ3v) is 4.11. The SMILES string of the molecule is O=C(O)[C@@H]1CCN(c2cc(C3CC3)nc3ncnn23)C1. The van der Waals surface area contributed by atoms with E-state index in [1.807, 2.05) is 6.07 Å². The van der Waals surface area contributed by atoms with Gasteiger partial charge in [0.1, 0.15) is 12.1 Å². The van der Waals surface area contributed by atoms with Gasteiger partial charge in [-0.2, -0.15) is 14.6 Å². The molecule has 0 aromatic carbocycles. The van der Waals surface area contributed by atoms with Crippen molar-refractivity contribution in [1.82, 2.24) is 19.6 Å². The zero-order valence-corrected chi connectivity index (χ0v) is 10.9. The zero-order chi connectivity index (χ0) is 13.7. The fraction of sp³-hybridized carbons (Fsp3) is 0.538. The maximum atomic E-state index is 11.1. The number of hydrogen-bond donors (Lipinski definition) is 1. The van der Waals surface area contributed by atoms with Crippen molar-refractivity contribution in [2.45, 2.75) is 25.2 Å². The Hall–Kier alpha value is -2.18. The van der Waals surface area contributed by atoms with E-state index in [0.29, 0.717) is 24.7 Å². The number of aliphatic carboxylic acids is 1. The molecular weight excluding hydrogens is 258 g/mol. The summed E-state index contributed by atoms with van der Waals surface area (Å²) < 4.78 is 1.70. The van der Waals surface area contributed by atoms with E-state index in [-0.39, 0.29) is 5.92 Å². The van der Waals surface area contributed by atoms with Crippen LogP contribution in [0.2, 0.25) is 0 Å². The third kappa shape index (κ3) is 1.81. The van der Waals surface area contributed by atoms with Crippen LogP contribution in [0.15, 0.2) is 12.4 Å². The molecule has 20 heavy (non-hydrogen) atoms. The third-order valence-electron chi connectivity index (χ3n) is 4.11. The average molecular weight is 273 g/mol. The second-order valence-electron chi connectivity index (χ2n) is 5.56. The van der Waals surface area contributed by atoms with Crippen LogP contribution in [0.4, 0.5) is 5.82 Å². The van der Waals surface area contributed by atoms with Gasteiger partial charge in [-0.3, -0.25) is 4.79 Å². The smallest absolute Gasteiger partial charge is 0.308 e. The lowest BCUT2D eigenvalue weighted by Crippen LogP contribution is -2.25. The standard InChI is InChI=1S/C13H15N5O2/c19-12(20)9-3-4-17(6-9)11-5-10(8-1-2-8)16-13-14-7-15-18(11)13/h5,7-9H,1-4,6H2,(H,19,20)/t9-/m1/s1. The molecular formula is C13H15N5O2. The lowest BCUT2D eigenvalue weighted by molar-refractivity contribution is -0.140. The molecule has 7 heteroatoms. The van der Waals surface area contributed by atoms with Crippen molar-refractivity contribution in [3.05, 3.63) is 18.1 Å². The van der Waals surface area contributed by atoms with Gasteiger partial charge in [-0.1, -0.05) is 0 Å². The summed E-state index contributed by atoms with van der Waals surface area (Å²) in [6, 6.07) is 2.05. The average Bonchev–Trinajstić information content (AvgIpc) is 2.99. The van der Waals surface area contributed by atoms with Gasteiger partial charge in [-0.15, -0.1) is 0 Å². The highest BCUT2D eigenvalue weighted by atomic mass is 16.4. The van der Waals surface area contributed by atoms with E-state index in [0.717, 1.165) is 18.1 Å². The number of nitrogens with zero attached hydrogens (tertiary/aromatic N) is 5. The van der Waals surface area contributed by atoms with Crippen LogP contribution in [-0.4, -0.2) is 43.7 Å². The minimum atomic E-state index is -0.723. The largest absolute Gasteiger partial charge is 0.481 e. The summed E-state index contributed by atoms with van der Waals surface area (Å²) in [5, 5.41) is 13.3. The molecule has 2 aromatic heterocycles. The molecule has 0 unspecified atom stereocenters. The van der Waals surface area contributed by atoms with Gasteiger partial charge in [0.25, 0.3) is 5.78 Å². The minimum absolute atomic E-state index is 0.300. The Bertz CT molecular complexity index is 678. The summed E-state index contributed by atoms with van der Waals surface area (Å²) >= 11 is 0. The molecule has 1 aliphatic carbocycles. The molecule has 2 aromatic rings. The number of carboxylic acids is 1. The predicted molar refractivity (Wildman–Crippen MR) is 70.7 cm³/mol. The first-order chi connectivity index (χ1) is 9.72. The summed E-state index contributed by atoms with van der Waals surface area (Å²) in [4.78, 5) is 21.9. The van der Waals surface area contributed by atoms with Gasteiger partial charge in [0.05, 0.1) is 11.6 Å². The molecule has 1 saturated heterocycles. The molecule has 1 aliphatic heterocycles. The van der Waals surface area contributed by atoms with Crippen molar-refractivity contribution in [1.29, 1.82) is 0 Å². The molecule has 0 radical (unpaired) electrons. The molecule has 4 rings (SSSR count). The Morgan fingerprint density at radius 1 is 1.35 bits per heavy atom. The molecule has 2 aliphatic rings. The van der Waals surface area contributed by atoms with Crippen molar-refractivity contribution in [3.8, 4) is 0 Å². The summed E-state index contributed by atoms with van der Waals surface area (Å²) in [7, 11) is 0. The summed E-state index contributed by atoms with van der Waals surface area (Å²) in [6.45, 7) is 1.26. The fourth-order valence-electron chi connectivity index (χ4n) is 2.80. The maximum absolute atomic E-state index is 11.1. The zero-order valence-electron chi connectivity index (χ0n) is 10.9. The predicted octanol–water partition coefficient (Wildman–Crippen LogP) is 0.913. The Kier molecular flexibility index (Phi) is 2.42. The van der Waals surface area contributed by atoms with Crippen LogP contribution in [0.25, 0.3) is 5.78 Å². The molecule has 7 nitrogen and oxygen atoms in total. The second kappa shape index (κ2) is 4.16. The fourth-order valence-corrected chi connectivity index (χ4v) is 2.80. The molecule has 3 heterocycles. The highest BCUT2D eigenvalue weighted by Crippen LogP contribution is 2.40. The van der Waals surface area contributed by atoms with Crippen LogP contribution in [-0.2, 0) is 4.79 Å². The van der Waals surface area contributed by atoms with Crippen molar-refractivity contribution in [2.75, 3.05) is 18.0 Å².